The molecular weight excluding hydrogens is 218 g/mol. The molecule has 78 valence electrons. The molecule has 0 amide bonds. The van der Waals surface area contributed by atoms with Gasteiger partial charge < -0.3 is 5.11 Å². The van der Waals surface area contributed by atoms with Crippen molar-refractivity contribution < 1.29 is 9.90 Å². The van der Waals surface area contributed by atoms with E-state index < -0.39 is 5.97 Å². The lowest BCUT2D eigenvalue weighted by molar-refractivity contribution is 0.0687. The lowest BCUT2D eigenvalue weighted by Gasteiger charge is -2.02. The molecule has 0 atom stereocenters. The van der Waals surface area contributed by atoms with Gasteiger partial charge in [0, 0.05) is 5.69 Å². The number of carboxylic acids is 1. The molecule has 0 radical (unpaired) electrons. The number of aromatic nitrogens is 3. The van der Waals surface area contributed by atoms with Gasteiger partial charge in [-0.25, -0.2) is 14.3 Å². The second-order valence-electron chi connectivity index (χ2n) is 3.02. The minimum absolute atomic E-state index is 0.0729. The highest BCUT2D eigenvalue weighted by atomic mass is 35.5. The van der Waals surface area contributed by atoms with E-state index in [2.05, 4.69) is 10.1 Å². The Balaban J connectivity index is 2.82. The third-order valence-electron chi connectivity index (χ3n) is 2.06. The van der Waals surface area contributed by atoms with Crippen molar-refractivity contribution in [2.75, 3.05) is 0 Å². The summed E-state index contributed by atoms with van der Waals surface area (Å²) in [5.74, 6) is -1.04. The van der Waals surface area contributed by atoms with E-state index in [1.165, 1.54) is 16.8 Å². The van der Waals surface area contributed by atoms with Crippen LogP contribution in [0.2, 0.25) is 5.02 Å². The summed E-state index contributed by atoms with van der Waals surface area (Å²) in [5, 5.41) is 13.2. The van der Waals surface area contributed by atoms with Crippen molar-refractivity contribution in [2.45, 2.75) is 13.3 Å². The third-order valence-corrected chi connectivity index (χ3v) is 2.33. The molecule has 15 heavy (non-hydrogen) atoms. The predicted molar refractivity (Wildman–Crippen MR) is 54.3 cm³/mol. The Morgan fingerprint density at radius 2 is 2.40 bits per heavy atom. The van der Waals surface area contributed by atoms with Crippen molar-refractivity contribution in [2.24, 2.45) is 0 Å². The first-order chi connectivity index (χ1) is 7.13. The lowest BCUT2D eigenvalue weighted by atomic mass is 10.2. The number of nitrogens with zero attached hydrogens (tertiary/aromatic N) is 3. The second kappa shape index (κ2) is 3.51. The number of rotatable bonds is 2. The lowest BCUT2D eigenvalue weighted by Crippen LogP contribution is -2.09. The normalized spacial score (nSPS) is 10.8. The molecule has 0 unspecified atom stereocenters. The van der Waals surface area contributed by atoms with Crippen LogP contribution in [-0.4, -0.2) is 25.7 Å². The Hall–Kier alpha value is -1.62. The van der Waals surface area contributed by atoms with Gasteiger partial charge in [0.25, 0.3) is 0 Å². The van der Waals surface area contributed by atoms with Crippen LogP contribution < -0.4 is 0 Å². The van der Waals surface area contributed by atoms with Crippen molar-refractivity contribution >= 4 is 23.2 Å². The van der Waals surface area contributed by atoms with E-state index in [-0.39, 0.29) is 5.69 Å². The maximum Gasteiger partial charge on any atom is 0.354 e. The summed E-state index contributed by atoms with van der Waals surface area (Å²) in [6.07, 6.45) is 2.04. The molecule has 0 aliphatic carbocycles. The summed E-state index contributed by atoms with van der Waals surface area (Å²) >= 11 is 5.84. The standard InChI is InChI=1S/C9H8ClN3O2/c1-2-5-3-7(9(14)15)13-8(12-5)6(10)4-11-13/h3-4H,2H2,1H3,(H,14,15). The summed E-state index contributed by atoms with van der Waals surface area (Å²) in [6, 6.07) is 1.50. The average molecular weight is 226 g/mol. The van der Waals surface area contributed by atoms with E-state index >= 15 is 0 Å². The minimum Gasteiger partial charge on any atom is -0.477 e. The molecular formula is C9H8ClN3O2. The number of fused-ring (bicyclic) bond motifs is 1. The molecule has 2 aromatic rings. The maximum atomic E-state index is 11.0. The van der Waals surface area contributed by atoms with Crippen LogP contribution in [0, 0.1) is 0 Å². The molecule has 0 spiro atoms. The summed E-state index contributed by atoms with van der Waals surface area (Å²) in [4.78, 5) is 15.2. The van der Waals surface area contributed by atoms with Gasteiger partial charge >= 0.3 is 5.97 Å². The Morgan fingerprint density at radius 3 is 3.00 bits per heavy atom. The molecule has 0 aliphatic heterocycles. The van der Waals surface area contributed by atoms with E-state index in [9.17, 15) is 4.79 Å². The van der Waals surface area contributed by atoms with Gasteiger partial charge in [0.05, 0.1) is 6.20 Å². The molecule has 5 nitrogen and oxygen atoms in total. The molecule has 1 N–H and O–H groups in total. The second-order valence-corrected chi connectivity index (χ2v) is 3.43. The Kier molecular flexibility index (Phi) is 2.32. The third kappa shape index (κ3) is 1.55. The fourth-order valence-corrected chi connectivity index (χ4v) is 1.49. The largest absolute Gasteiger partial charge is 0.477 e. The highest BCUT2D eigenvalue weighted by Crippen LogP contribution is 2.17. The zero-order valence-electron chi connectivity index (χ0n) is 7.94. The van der Waals surface area contributed by atoms with Gasteiger partial charge in [-0.15, -0.1) is 0 Å². The van der Waals surface area contributed by atoms with Crippen molar-refractivity contribution in [3.63, 3.8) is 0 Å². The summed E-state index contributed by atoms with van der Waals surface area (Å²) in [7, 11) is 0. The van der Waals surface area contributed by atoms with Gasteiger partial charge in [-0.05, 0) is 12.5 Å². The number of aryl methyl sites for hydroxylation is 1. The highest BCUT2D eigenvalue weighted by Gasteiger charge is 2.14. The SMILES string of the molecule is CCc1cc(C(=O)O)n2ncc(Cl)c2n1. The molecule has 2 aromatic heterocycles. The Morgan fingerprint density at radius 1 is 1.67 bits per heavy atom. The van der Waals surface area contributed by atoms with Crippen LogP contribution in [0.5, 0.6) is 0 Å². The Bertz CT molecular complexity index is 535. The van der Waals surface area contributed by atoms with Gasteiger partial charge in [-0.2, -0.15) is 5.10 Å². The molecule has 0 bridgehead atoms. The van der Waals surface area contributed by atoms with Crippen LogP contribution in [0.3, 0.4) is 0 Å². The molecule has 0 fully saturated rings. The van der Waals surface area contributed by atoms with Gasteiger partial charge in [0.15, 0.2) is 11.3 Å². The number of carboxylic acid groups (broad SMARTS) is 1. The first-order valence-corrected chi connectivity index (χ1v) is 4.77. The monoisotopic (exact) mass is 225 g/mol. The van der Waals surface area contributed by atoms with E-state index in [4.69, 9.17) is 16.7 Å². The van der Waals surface area contributed by atoms with Crippen LogP contribution >= 0.6 is 11.6 Å². The van der Waals surface area contributed by atoms with E-state index in [0.29, 0.717) is 22.8 Å². The van der Waals surface area contributed by atoms with E-state index in [1.807, 2.05) is 6.92 Å². The van der Waals surface area contributed by atoms with Crippen LogP contribution in [0.25, 0.3) is 5.65 Å². The van der Waals surface area contributed by atoms with Crippen LogP contribution in [0.15, 0.2) is 12.3 Å². The van der Waals surface area contributed by atoms with Gasteiger partial charge in [-0.1, -0.05) is 18.5 Å². The van der Waals surface area contributed by atoms with Gasteiger partial charge in [0.1, 0.15) is 5.02 Å². The molecule has 2 rings (SSSR count). The quantitative estimate of drug-likeness (QED) is 0.844. The van der Waals surface area contributed by atoms with Crippen LogP contribution in [0.1, 0.15) is 23.1 Å². The fourth-order valence-electron chi connectivity index (χ4n) is 1.32. The number of halogens is 1. The zero-order valence-corrected chi connectivity index (χ0v) is 8.69. The van der Waals surface area contributed by atoms with Gasteiger partial charge in [-0.3, -0.25) is 0 Å². The first kappa shape index (κ1) is 9.92. The zero-order chi connectivity index (χ0) is 11.0. The fraction of sp³-hybridized carbons (Fsp3) is 0.222. The van der Waals surface area contributed by atoms with Crippen LogP contribution in [0.4, 0.5) is 0 Å². The molecule has 0 aliphatic rings. The van der Waals surface area contributed by atoms with E-state index in [0.717, 1.165) is 0 Å². The van der Waals surface area contributed by atoms with Crippen molar-refractivity contribution in [1.82, 2.24) is 14.6 Å². The smallest absolute Gasteiger partial charge is 0.354 e. The molecule has 0 saturated heterocycles. The molecule has 6 heteroatoms. The number of hydrogen-bond acceptors (Lipinski definition) is 3. The van der Waals surface area contributed by atoms with Crippen molar-refractivity contribution in [3.05, 3.63) is 28.7 Å². The minimum atomic E-state index is -1.04. The Labute approximate surface area is 90.3 Å². The molecule has 0 aromatic carbocycles. The van der Waals surface area contributed by atoms with Crippen molar-refractivity contribution in [3.8, 4) is 0 Å². The molecule has 2 heterocycles. The van der Waals surface area contributed by atoms with Crippen molar-refractivity contribution in [1.29, 1.82) is 0 Å². The predicted octanol–water partition coefficient (Wildman–Crippen LogP) is 1.64. The molecule has 0 saturated carbocycles. The maximum absolute atomic E-state index is 11.0. The summed E-state index contributed by atoms with van der Waals surface area (Å²) in [5.41, 5.74) is 1.14. The summed E-state index contributed by atoms with van der Waals surface area (Å²) in [6.45, 7) is 1.90. The average Bonchev–Trinajstić information content (AvgIpc) is 2.59. The van der Waals surface area contributed by atoms with Crippen LogP contribution in [-0.2, 0) is 6.42 Å². The highest BCUT2D eigenvalue weighted by molar-refractivity contribution is 6.33. The first-order valence-electron chi connectivity index (χ1n) is 4.40. The summed E-state index contributed by atoms with van der Waals surface area (Å²) < 4.78 is 1.23. The number of carbonyl (C=O) groups is 1. The number of aromatic carboxylic acids is 1. The van der Waals surface area contributed by atoms with Gasteiger partial charge in [0.2, 0.25) is 0 Å². The van der Waals surface area contributed by atoms with E-state index in [1.54, 1.807) is 0 Å². The number of hydrogen-bond donors (Lipinski definition) is 1. The topological polar surface area (TPSA) is 67.5 Å².